The van der Waals surface area contributed by atoms with Gasteiger partial charge in [-0.05, 0) is 35.4 Å². The topological polar surface area (TPSA) is 43.1 Å². The molecule has 0 aliphatic carbocycles. The fourth-order valence-corrected chi connectivity index (χ4v) is 2.25. The number of benzene rings is 2. The number of hydrogen-bond acceptors (Lipinski definition) is 1. The van der Waals surface area contributed by atoms with Crippen LogP contribution in [0.3, 0.4) is 0 Å². The summed E-state index contributed by atoms with van der Waals surface area (Å²) in [5.74, 6) is -1.50. The van der Waals surface area contributed by atoms with Crippen LogP contribution in [0, 0.1) is 5.82 Å². The molecule has 0 saturated heterocycles. The van der Waals surface area contributed by atoms with Gasteiger partial charge in [0.25, 0.3) is 5.91 Å². The van der Waals surface area contributed by atoms with Crippen LogP contribution < -0.4 is 5.73 Å². The van der Waals surface area contributed by atoms with Gasteiger partial charge in [0.1, 0.15) is 5.82 Å². The van der Waals surface area contributed by atoms with Gasteiger partial charge < -0.3 is 5.73 Å². The second kappa shape index (κ2) is 4.96. The molecule has 5 heteroatoms. The Labute approximate surface area is 113 Å². The lowest BCUT2D eigenvalue weighted by molar-refractivity contribution is 0.0997. The van der Waals surface area contributed by atoms with Gasteiger partial charge in [0.05, 0.1) is 5.56 Å². The van der Waals surface area contributed by atoms with Crippen LogP contribution in [0.1, 0.15) is 10.4 Å². The molecule has 0 bridgehead atoms. The number of primary amides is 1. The molecular formula is C13H8Cl2FNO. The molecule has 0 fully saturated rings. The minimum atomic E-state index is -0.834. The third-order valence-corrected chi connectivity index (χ3v) is 2.87. The highest BCUT2D eigenvalue weighted by Crippen LogP contribution is 2.30. The zero-order valence-electron chi connectivity index (χ0n) is 9.08. The third kappa shape index (κ3) is 2.47. The van der Waals surface area contributed by atoms with Gasteiger partial charge in [-0.1, -0.05) is 35.3 Å². The van der Waals surface area contributed by atoms with Gasteiger partial charge in [0, 0.05) is 10.0 Å². The molecule has 0 aromatic heterocycles. The Morgan fingerprint density at radius 3 is 2.28 bits per heavy atom. The highest BCUT2D eigenvalue weighted by Gasteiger charge is 2.15. The normalized spacial score (nSPS) is 10.4. The lowest BCUT2D eigenvalue weighted by Crippen LogP contribution is -2.14. The van der Waals surface area contributed by atoms with Gasteiger partial charge in [-0.3, -0.25) is 4.79 Å². The highest BCUT2D eigenvalue weighted by molar-refractivity contribution is 6.35. The average Bonchev–Trinajstić information content (AvgIpc) is 2.26. The summed E-state index contributed by atoms with van der Waals surface area (Å²) in [4.78, 5) is 11.3. The molecule has 0 spiro atoms. The second-order valence-electron chi connectivity index (χ2n) is 3.68. The molecule has 0 atom stereocenters. The van der Waals surface area contributed by atoms with Gasteiger partial charge in [0.2, 0.25) is 0 Å². The maximum atomic E-state index is 13.6. The van der Waals surface area contributed by atoms with E-state index in [1.54, 1.807) is 24.3 Å². The van der Waals surface area contributed by atoms with Gasteiger partial charge in [-0.15, -0.1) is 0 Å². The van der Waals surface area contributed by atoms with Crippen molar-refractivity contribution in [2.24, 2.45) is 5.73 Å². The van der Waals surface area contributed by atoms with Crippen LogP contribution in [-0.2, 0) is 0 Å². The van der Waals surface area contributed by atoms with E-state index >= 15 is 0 Å². The smallest absolute Gasteiger partial charge is 0.252 e. The quantitative estimate of drug-likeness (QED) is 0.893. The third-order valence-electron chi connectivity index (χ3n) is 2.43. The van der Waals surface area contributed by atoms with E-state index in [-0.39, 0.29) is 5.56 Å². The SMILES string of the molecule is NC(=O)c1c(F)cccc1-c1cc(Cl)cc(Cl)c1. The number of amides is 1. The molecule has 92 valence electrons. The predicted octanol–water partition coefficient (Wildman–Crippen LogP) is 3.90. The summed E-state index contributed by atoms with van der Waals surface area (Å²) >= 11 is 11.8. The maximum absolute atomic E-state index is 13.6. The molecule has 0 aliphatic heterocycles. The van der Waals surface area contributed by atoms with Crippen molar-refractivity contribution >= 4 is 29.1 Å². The highest BCUT2D eigenvalue weighted by atomic mass is 35.5. The van der Waals surface area contributed by atoms with E-state index in [2.05, 4.69) is 0 Å². The first-order chi connectivity index (χ1) is 8.49. The summed E-state index contributed by atoms with van der Waals surface area (Å²) in [5, 5.41) is 0.800. The molecule has 1 amide bonds. The zero-order valence-corrected chi connectivity index (χ0v) is 10.6. The van der Waals surface area contributed by atoms with Crippen LogP contribution >= 0.6 is 23.2 Å². The molecule has 0 unspecified atom stereocenters. The second-order valence-corrected chi connectivity index (χ2v) is 4.56. The van der Waals surface area contributed by atoms with E-state index in [0.29, 0.717) is 21.2 Å². The van der Waals surface area contributed by atoms with E-state index in [0.717, 1.165) is 0 Å². The number of rotatable bonds is 2. The van der Waals surface area contributed by atoms with Crippen molar-refractivity contribution in [3.63, 3.8) is 0 Å². The summed E-state index contributed by atoms with van der Waals surface area (Å²) in [6, 6.07) is 8.99. The fourth-order valence-electron chi connectivity index (χ4n) is 1.72. The predicted molar refractivity (Wildman–Crippen MR) is 70.4 cm³/mol. The number of nitrogens with two attached hydrogens (primary N) is 1. The van der Waals surface area contributed by atoms with E-state index in [9.17, 15) is 9.18 Å². The van der Waals surface area contributed by atoms with Gasteiger partial charge >= 0.3 is 0 Å². The van der Waals surface area contributed by atoms with Crippen LogP contribution in [0.5, 0.6) is 0 Å². The summed E-state index contributed by atoms with van der Waals surface area (Å²) in [6.07, 6.45) is 0. The molecule has 0 aliphatic rings. The standard InChI is InChI=1S/C13H8Cl2FNO/c14-8-4-7(5-9(15)6-8)10-2-1-3-11(16)12(10)13(17)18/h1-6H,(H2,17,18). The van der Waals surface area contributed by atoms with E-state index < -0.39 is 11.7 Å². The Morgan fingerprint density at radius 2 is 1.72 bits per heavy atom. The number of carbonyl (C=O) groups is 1. The Balaban J connectivity index is 2.71. The molecule has 2 aromatic rings. The average molecular weight is 284 g/mol. The van der Waals surface area contributed by atoms with Crippen molar-refractivity contribution in [3.8, 4) is 11.1 Å². The first kappa shape index (κ1) is 12.9. The molecule has 0 radical (unpaired) electrons. The van der Waals surface area contributed by atoms with E-state index in [4.69, 9.17) is 28.9 Å². The number of hydrogen-bond donors (Lipinski definition) is 1. The first-order valence-corrected chi connectivity index (χ1v) is 5.79. The molecule has 0 heterocycles. The first-order valence-electron chi connectivity index (χ1n) is 5.04. The summed E-state index contributed by atoms with van der Waals surface area (Å²) in [6.45, 7) is 0. The van der Waals surface area contributed by atoms with E-state index in [1.807, 2.05) is 0 Å². The molecule has 18 heavy (non-hydrogen) atoms. The molecule has 0 saturated carbocycles. The van der Waals surface area contributed by atoms with Crippen LogP contribution in [0.2, 0.25) is 10.0 Å². The lowest BCUT2D eigenvalue weighted by atomic mass is 9.99. The molecule has 2 N–H and O–H groups in total. The van der Waals surface area contributed by atoms with Crippen molar-refractivity contribution in [3.05, 3.63) is 57.8 Å². The van der Waals surface area contributed by atoms with Crippen molar-refractivity contribution in [1.82, 2.24) is 0 Å². The monoisotopic (exact) mass is 283 g/mol. The fraction of sp³-hybridized carbons (Fsp3) is 0. The Hall–Kier alpha value is -1.58. The minimum absolute atomic E-state index is 0.171. The number of halogens is 3. The Bertz CT molecular complexity index is 608. The Kier molecular flexibility index (Phi) is 3.55. The van der Waals surface area contributed by atoms with Crippen LogP contribution in [0.4, 0.5) is 4.39 Å². The lowest BCUT2D eigenvalue weighted by Gasteiger charge is -2.09. The summed E-state index contributed by atoms with van der Waals surface area (Å²) in [7, 11) is 0. The summed E-state index contributed by atoms with van der Waals surface area (Å²) in [5.41, 5.74) is 5.92. The van der Waals surface area contributed by atoms with Crippen LogP contribution in [0.15, 0.2) is 36.4 Å². The molecular weight excluding hydrogens is 276 g/mol. The van der Waals surface area contributed by atoms with Crippen LogP contribution in [0.25, 0.3) is 11.1 Å². The zero-order chi connectivity index (χ0) is 13.3. The van der Waals surface area contributed by atoms with Gasteiger partial charge in [-0.25, -0.2) is 4.39 Å². The molecule has 2 nitrogen and oxygen atoms in total. The maximum Gasteiger partial charge on any atom is 0.252 e. The van der Waals surface area contributed by atoms with Gasteiger partial charge in [-0.2, -0.15) is 0 Å². The van der Waals surface area contributed by atoms with Crippen molar-refractivity contribution < 1.29 is 9.18 Å². The summed E-state index contributed by atoms with van der Waals surface area (Å²) < 4.78 is 13.6. The number of carbonyl (C=O) groups excluding carboxylic acids is 1. The van der Waals surface area contributed by atoms with Crippen molar-refractivity contribution in [1.29, 1.82) is 0 Å². The minimum Gasteiger partial charge on any atom is -0.365 e. The van der Waals surface area contributed by atoms with Gasteiger partial charge in [0.15, 0.2) is 0 Å². The molecule has 2 aromatic carbocycles. The van der Waals surface area contributed by atoms with Crippen molar-refractivity contribution in [2.45, 2.75) is 0 Å². The Morgan fingerprint density at radius 1 is 1.11 bits per heavy atom. The molecule has 2 rings (SSSR count). The largest absolute Gasteiger partial charge is 0.365 e. The van der Waals surface area contributed by atoms with Crippen LogP contribution in [-0.4, -0.2) is 5.91 Å². The van der Waals surface area contributed by atoms with Crippen molar-refractivity contribution in [2.75, 3.05) is 0 Å². The van der Waals surface area contributed by atoms with E-state index in [1.165, 1.54) is 12.1 Å².